The molecule has 0 aliphatic rings. The number of anilines is 2. The molecule has 0 fully saturated rings. The van der Waals surface area contributed by atoms with E-state index in [0.717, 1.165) is 28.0 Å². The largest absolute Gasteiger partial charge is 0.383 e. The molecular formula is C26H26N4O3S. The van der Waals surface area contributed by atoms with Crippen LogP contribution in [-0.2, 0) is 19.5 Å². The lowest BCUT2D eigenvalue weighted by atomic mass is 10.2. The molecule has 0 saturated heterocycles. The van der Waals surface area contributed by atoms with Crippen molar-refractivity contribution in [1.82, 2.24) is 9.55 Å². The molecule has 4 rings (SSSR count). The van der Waals surface area contributed by atoms with Crippen molar-refractivity contribution in [3.63, 3.8) is 0 Å². The molecule has 0 saturated carbocycles. The van der Waals surface area contributed by atoms with Crippen LogP contribution in [0.3, 0.4) is 0 Å². The van der Waals surface area contributed by atoms with Crippen LogP contribution in [-0.4, -0.2) is 15.5 Å². The molecule has 4 aromatic rings. The molecule has 0 aliphatic carbocycles. The first-order valence-corrected chi connectivity index (χ1v) is 11.8. The Balaban J connectivity index is 1.85. The minimum atomic E-state index is -0.694. The van der Waals surface area contributed by atoms with Crippen molar-refractivity contribution in [3.05, 3.63) is 114 Å². The molecule has 7 nitrogen and oxygen atoms in total. The molecule has 2 aromatic heterocycles. The summed E-state index contributed by atoms with van der Waals surface area (Å²) >= 11 is 1.41. The number of nitrogens with zero attached hydrogens (tertiary/aromatic N) is 2. The number of aromatic nitrogens is 2. The predicted molar refractivity (Wildman–Crippen MR) is 137 cm³/mol. The van der Waals surface area contributed by atoms with Gasteiger partial charge < -0.3 is 5.73 Å². The van der Waals surface area contributed by atoms with Crippen LogP contribution in [0.5, 0.6) is 0 Å². The van der Waals surface area contributed by atoms with Crippen molar-refractivity contribution in [2.45, 2.75) is 33.4 Å². The molecule has 0 spiro atoms. The van der Waals surface area contributed by atoms with Gasteiger partial charge in [-0.15, -0.1) is 11.3 Å². The van der Waals surface area contributed by atoms with Gasteiger partial charge in [0.05, 0.1) is 18.0 Å². The molecule has 8 heteroatoms. The number of nitrogens with one attached hydrogen (secondary N) is 1. The van der Waals surface area contributed by atoms with E-state index in [1.807, 2.05) is 80.6 Å². The van der Waals surface area contributed by atoms with Crippen molar-refractivity contribution < 1.29 is 4.79 Å². The van der Waals surface area contributed by atoms with E-state index in [9.17, 15) is 14.4 Å². The standard InChI is InChI=1S/C26H26N4O3S/c1-3-20-17(2)14-21(34-20)25(32)29(15-18-10-6-4-7-11-18)22-23(27)30(26(33)28-24(22)31)16-19-12-8-5-9-13-19/h4-14H,3,15-16,27H2,1-2H3,(H,28,31,33). The summed E-state index contributed by atoms with van der Waals surface area (Å²) < 4.78 is 1.29. The molecule has 2 heterocycles. The third-order valence-corrected chi connectivity index (χ3v) is 7.02. The minimum Gasteiger partial charge on any atom is -0.383 e. The zero-order chi connectivity index (χ0) is 24.2. The summed E-state index contributed by atoms with van der Waals surface area (Å²) in [6.07, 6.45) is 0.813. The average molecular weight is 475 g/mol. The van der Waals surface area contributed by atoms with Crippen LogP contribution in [0.1, 0.15) is 38.2 Å². The normalized spacial score (nSPS) is 10.9. The zero-order valence-corrected chi connectivity index (χ0v) is 19.9. The fourth-order valence-electron chi connectivity index (χ4n) is 3.89. The second-order valence-electron chi connectivity index (χ2n) is 8.01. The lowest BCUT2D eigenvalue weighted by Gasteiger charge is -2.24. The van der Waals surface area contributed by atoms with E-state index in [0.29, 0.717) is 4.88 Å². The van der Waals surface area contributed by atoms with E-state index in [1.54, 1.807) is 0 Å². The number of amides is 1. The van der Waals surface area contributed by atoms with Crippen molar-refractivity contribution in [3.8, 4) is 0 Å². The maximum Gasteiger partial charge on any atom is 0.330 e. The van der Waals surface area contributed by atoms with Gasteiger partial charge in [0.25, 0.3) is 11.5 Å². The highest BCUT2D eigenvalue weighted by atomic mass is 32.1. The number of hydrogen-bond donors (Lipinski definition) is 2. The lowest BCUT2D eigenvalue weighted by Crippen LogP contribution is -2.40. The van der Waals surface area contributed by atoms with Crippen LogP contribution < -0.4 is 21.9 Å². The van der Waals surface area contributed by atoms with Gasteiger partial charge in [-0.3, -0.25) is 24.0 Å². The SMILES string of the molecule is CCc1sc(C(=O)N(Cc2ccccc2)c2c(N)n(Cc3ccccc3)c(=O)[nH]c2=O)cc1C. The summed E-state index contributed by atoms with van der Waals surface area (Å²) in [4.78, 5) is 44.8. The number of carbonyl (C=O) groups excluding carboxylic acids is 1. The Bertz CT molecular complexity index is 1420. The fraction of sp³-hybridized carbons (Fsp3) is 0.192. The highest BCUT2D eigenvalue weighted by Gasteiger charge is 2.27. The van der Waals surface area contributed by atoms with Crippen molar-refractivity contribution in [2.75, 3.05) is 10.6 Å². The molecule has 174 valence electrons. The summed E-state index contributed by atoms with van der Waals surface area (Å²) in [7, 11) is 0. The van der Waals surface area contributed by atoms with Gasteiger partial charge in [0.2, 0.25) is 0 Å². The maximum absolute atomic E-state index is 13.7. The smallest absolute Gasteiger partial charge is 0.330 e. The van der Waals surface area contributed by atoms with Gasteiger partial charge in [-0.2, -0.15) is 0 Å². The Labute approximate surface area is 201 Å². The minimum absolute atomic E-state index is 0.0338. The van der Waals surface area contributed by atoms with Crippen LogP contribution in [0.25, 0.3) is 0 Å². The third-order valence-electron chi connectivity index (χ3n) is 5.65. The second kappa shape index (κ2) is 9.93. The summed E-state index contributed by atoms with van der Waals surface area (Å²) in [5.74, 6) is -0.385. The molecular weight excluding hydrogens is 448 g/mol. The fourth-order valence-corrected chi connectivity index (χ4v) is 4.95. The Hall–Kier alpha value is -3.91. The van der Waals surface area contributed by atoms with E-state index in [-0.39, 0.29) is 30.5 Å². The summed E-state index contributed by atoms with van der Waals surface area (Å²) in [6.45, 7) is 4.31. The molecule has 34 heavy (non-hydrogen) atoms. The van der Waals surface area contributed by atoms with E-state index in [4.69, 9.17) is 5.73 Å². The quantitative estimate of drug-likeness (QED) is 0.424. The summed E-state index contributed by atoms with van der Waals surface area (Å²) in [6, 6.07) is 20.5. The van der Waals surface area contributed by atoms with Gasteiger partial charge in [0, 0.05) is 4.88 Å². The zero-order valence-electron chi connectivity index (χ0n) is 19.1. The Morgan fingerprint density at radius 3 is 2.24 bits per heavy atom. The van der Waals surface area contributed by atoms with Gasteiger partial charge in [0.15, 0.2) is 5.69 Å². The highest BCUT2D eigenvalue weighted by molar-refractivity contribution is 7.14. The number of aryl methyl sites for hydroxylation is 2. The van der Waals surface area contributed by atoms with Gasteiger partial charge in [0.1, 0.15) is 5.82 Å². The number of H-pyrrole nitrogens is 1. The van der Waals surface area contributed by atoms with Crippen LogP contribution in [0.15, 0.2) is 76.3 Å². The molecule has 1 amide bonds. The molecule has 2 aromatic carbocycles. The maximum atomic E-state index is 13.7. The monoisotopic (exact) mass is 474 g/mol. The van der Waals surface area contributed by atoms with Crippen molar-refractivity contribution in [1.29, 1.82) is 0 Å². The van der Waals surface area contributed by atoms with E-state index in [2.05, 4.69) is 4.98 Å². The van der Waals surface area contributed by atoms with Crippen LogP contribution in [0.2, 0.25) is 0 Å². The van der Waals surface area contributed by atoms with E-state index in [1.165, 1.54) is 20.8 Å². The van der Waals surface area contributed by atoms with Crippen molar-refractivity contribution in [2.24, 2.45) is 0 Å². The van der Waals surface area contributed by atoms with Crippen LogP contribution >= 0.6 is 11.3 Å². The topological polar surface area (TPSA) is 101 Å². The molecule has 0 unspecified atom stereocenters. The Morgan fingerprint density at radius 2 is 1.65 bits per heavy atom. The van der Waals surface area contributed by atoms with Crippen LogP contribution in [0.4, 0.5) is 11.5 Å². The number of thiophene rings is 1. The highest BCUT2D eigenvalue weighted by Crippen LogP contribution is 2.28. The van der Waals surface area contributed by atoms with E-state index < -0.39 is 11.2 Å². The average Bonchev–Trinajstić information content (AvgIpc) is 3.22. The van der Waals surface area contributed by atoms with Gasteiger partial charge in [-0.25, -0.2) is 4.79 Å². The molecule has 3 N–H and O–H groups in total. The Morgan fingerprint density at radius 1 is 1.03 bits per heavy atom. The first-order valence-electron chi connectivity index (χ1n) is 11.0. The molecule has 0 radical (unpaired) electrons. The predicted octanol–water partition coefficient (Wildman–Crippen LogP) is 3.95. The molecule has 0 aliphatic heterocycles. The number of nitrogen functional groups attached to an aromatic ring is 1. The number of nitrogens with two attached hydrogens (primary N) is 1. The van der Waals surface area contributed by atoms with Crippen LogP contribution in [0, 0.1) is 6.92 Å². The van der Waals surface area contributed by atoms with Crippen molar-refractivity contribution >= 4 is 28.7 Å². The van der Waals surface area contributed by atoms with E-state index >= 15 is 0 Å². The lowest BCUT2D eigenvalue weighted by molar-refractivity contribution is 0.0988. The van der Waals surface area contributed by atoms with Gasteiger partial charge >= 0.3 is 5.69 Å². The Kier molecular flexibility index (Phi) is 6.79. The number of rotatable bonds is 7. The first kappa shape index (κ1) is 23.3. The summed E-state index contributed by atoms with van der Waals surface area (Å²) in [5.41, 5.74) is 7.78. The number of benzene rings is 2. The van der Waals surface area contributed by atoms with Gasteiger partial charge in [-0.1, -0.05) is 67.6 Å². The molecule has 0 atom stereocenters. The molecule has 0 bridgehead atoms. The summed E-state index contributed by atoms with van der Waals surface area (Å²) in [5, 5.41) is 0. The second-order valence-corrected chi connectivity index (χ2v) is 9.15. The third kappa shape index (κ3) is 4.72. The van der Waals surface area contributed by atoms with Gasteiger partial charge in [-0.05, 0) is 36.1 Å². The number of aromatic amines is 1. The first-order chi connectivity index (χ1) is 16.4. The number of hydrogen-bond acceptors (Lipinski definition) is 5. The number of carbonyl (C=O) groups is 1.